The minimum Gasteiger partial charge on any atom is -0.509 e. The van der Waals surface area contributed by atoms with Crippen LogP contribution in [0.5, 0.6) is 0 Å². The number of hydrogen-bond donors (Lipinski definition) is 2. The number of rotatable bonds is 3. The Hall–Kier alpha value is -1.58. The van der Waals surface area contributed by atoms with Crippen LogP contribution in [0.15, 0.2) is 41.1 Å². The molecule has 4 nitrogen and oxygen atoms in total. The van der Waals surface area contributed by atoms with Crippen LogP contribution >= 0.6 is 0 Å². The summed E-state index contributed by atoms with van der Waals surface area (Å²) < 4.78 is 0. The summed E-state index contributed by atoms with van der Waals surface area (Å²) in [6.45, 7) is 4.82. The monoisotopic (exact) mass is 154 g/mol. The van der Waals surface area contributed by atoms with E-state index in [1.165, 1.54) is 6.08 Å². The second-order valence-corrected chi connectivity index (χ2v) is 1.86. The third-order valence-corrected chi connectivity index (χ3v) is 1.01. The van der Waals surface area contributed by atoms with Crippen molar-refractivity contribution in [1.29, 1.82) is 0 Å². The maximum absolute atomic E-state index is 10.0. The van der Waals surface area contributed by atoms with Crippen molar-refractivity contribution in [1.82, 2.24) is 0 Å². The largest absolute Gasteiger partial charge is 0.509 e. The molecule has 0 aromatic rings. The Kier molecular flexibility index (Phi) is 3.66. The van der Waals surface area contributed by atoms with Crippen molar-refractivity contribution in [3.8, 4) is 0 Å². The van der Waals surface area contributed by atoms with E-state index in [0.717, 1.165) is 6.08 Å². The minimum atomic E-state index is -0.246. The average molecular weight is 154 g/mol. The lowest BCUT2D eigenvalue weighted by molar-refractivity contribution is 0.434. The summed E-state index contributed by atoms with van der Waals surface area (Å²) in [4.78, 5) is 10.0. The molecule has 0 fully saturated rings. The SMILES string of the molecule is C=C(O)/C=C(N=O)\C(N)=C/C. The predicted molar refractivity (Wildman–Crippen MR) is 43.6 cm³/mol. The molecule has 0 rings (SSSR count). The Morgan fingerprint density at radius 1 is 1.73 bits per heavy atom. The molecule has 0 aliphatic carbocycles. The molecule has 11 heavy (non-hydrogen) atoms. The Labute approximate surface area is 64.7 Å². The van der Waals surface area contributed by atoms with Crippen molar-refractivity contribution in [2.45, 2.75) is 6.92 Å². The number of aliphatic hydroxyl groups excluding tert-OH is 1. The summed E-state index contributed by atoms with van der Waals surface area (Å²) in [5, 5.41) is 11.2. The van der Waals surface area contributed by atoms with Crippen LogP contribution in [0, 0.1) is 4.91 Å². The number of hydrogen-bond acceptors (Lipinski definition) is 4. The van der Waals surface area contributed by atoms with Crippen LogP contribution in [-0.4, -0.2) is 5.11 Å². The van der Waals surface area contributed by atoms with Crippen molar-refractivity contribution >= 4 is 0 Å². The fourth-order valence-corrected chi connectivity index (χ4v) is 0.468. The topological polar surface area (TPSA) is 75.7 Å². The maximum atomic E-state index is 10.0. The first kappa shape index (κ1) is 9.42. The molecule has 0 aliphatic heterocycles. The van der Waals surface area contributed by atoms with Crippen LogP contribution in [0.1, 0.15) is 6.92 Å². The minimum absolute atomic E-state index is 0.0139. The number of nitroso groups, excluding NO2 is 1. The van der Waals surface area contributed by atoms with Crippen LogP contribution in [0.3, 0.4) is 0 Å². The summed E-state index contributed by atoms with van der Waals surface area (Å²) in [5.74, 6) is -0.246. The van der Waals surface area contributed by atoms with Gasteiger partial charge in [0, 0.05) is 6.08 Å². The van der Waals surface area contributed by atoms with Crippen LogP contribution in [0.4, 0.5) is 0 Å². The first-order valence-electron chi connectivity index (χ1n) is 2.97. The van der Waals surface area contributed by atoms with Gasteiger partial charge in [0.25, 0.3) is 0 Å². The normalized spacial score (nSPS) is 12.8. The number of nitrogens with zero attached hydrogens (tertiary/aromatic N) is 1. The second-order valence-electron chi connectivity index (χ2n) is 1.86. The summed E-state index contributed by atoms with van der Waals surface area (Å²) in [7, 11) is 0. The van der Waals surface area contributed by atoms with Gasteiger partial charge >= 0.3 is 0 Å². The van der Waals surface area contributed by atoms with Gasteiger partial charge in [-0.1, -0.05) is 12.7 Å². The molecular weight excluding hydrogens is 144 g/mol. The summed E-state index contributed by atoms with van der Waals surface area (Å²) in [6.07, 6.45) is 2.61. The van der Waals surface area contributed by atoms with Gasteiger partial charge in [-0.3, -0.25) is 0 Å². The summed E-state index contributed by atoms with van der Waals surface area (Å²) in [6, 6.07) is 0. The molecular formula is C7H10N2O2. The molecule has 60 valence electrons. The zero-order chi connectivity index (χ0) is 8.85. The number of allylic oxidation sites excluding steroid dienone is 2. The second kappa shape index (κ2) is 4.27. The molecule has 0 bridgehead atoms. The standard InChI is InChI=1S/C7H10N2O2/c1-3-6(8)7(9-11)4-5(2)10/h3-4,10H,2,8H2,1H3/b6-3+,7-4+. The summed E-state index contributed by atoms with van der Waals surface area (Å²) >= 11 is 0. The first-order valence-corrected chi connectivity index (χ1v) is 2.97. The van der Waals surface area contributed by atoms with Gasteiger partial charge in [-0.15, -0.1) is 4.91 Å². The van der Waals surface area contributed by atoms with E-state index in [2.05, 4.69) is 11.8 Å². The fraction of sp³-hybridized carbons (Fsp3) is 0.143. The van der Waals surface area contributed by atoms with E-state index >= 15 is 0 Å². The molecule has 0 spiro atoms. The lowest BCUT2D eigenvalue weighted by atomic mass is 10.3. The van der Waals surface area contributed by atoms with Crippen LogP contribution in [-0.2, 0) is 0 Å². The van der Waals surface area contributed by atoms with Gasteiger partial charge in [-0.25, -0.2) is 0 Å². The molecule has 0 atom stereocenters. The molecule has 4 heteroatoms. The van der Waals surface area contributed by atoms with E-state index in [9.17, 15) is 4.91 Å². The van der Waals surface area contributed by atoms with E-state index in [0.29, 0.717) is 0 Å². The van der Waals surface area contributed by atoms with Crippen molar-refractivity contribution in [3.05, 3.63) is 40.8 Å². The first-order chi connectivity index (χ1) is 5.11. The van der Waals surface area contributed by atoms with Crippen molar-refractivity contribution < 1.29 is 5.11 Å². The molecule has 0 aromatic carbocycles. The Bertz CT molecular complexity index is 229. The number of aliphatic hydroxyl groups is 1. The lowest BCUT2D eigenvalue weighted by Gasteiger charge is -1.95. The highest BCUT2D eigenvalue weighted by molar-refractivity contribution is 5.30. The molecule has 0 aromatic heterocycles. The molecule has 0 radical (unpaired) electrons. The van der Waals surface area contributed by atoms with Gasteiger partial charge in [0.1, 0.15) is 11.5 Å². The Morgan fingerprint density at radius 3 is 2.55 bits per heavy atom. The van der Waals surface area contributed by atoms with Gasteiger partial charge < -0.3 is 10.8 Å². The summed E-state index contributed by atoms with van der Waals surface area (Å²) in [5.41, 5.74) is 5.53. The van der Waals surface area contributed by atoms with Gasteiger partial charge in [0.05, 0.1) is 5.70 Å². The van der Waals surface area contributed by atoms with Gasteiger partial charge in [-0.05, 0) is 12.1 Å². The van der Waals surface area contributed by atoms with E-state index in [1.54, 1.807) is 6.92 Å². The Balaban J connectivity index is 4.67. The molecule has 0 heterocycles. The molecule has 0 amide bonds. The smallest absolute Gasteiger partial charge is 0.134 e. The van der Waals surface area contributed by atoms with Gasteiger partial charge in [-0.2, -0.15) is 0 Å². The highest BCUT2D eigenvalue weighted by Crippen LogP contribution is 2.06. The third kappa shape index (κ3) is 3.20. The van der Waals surface area contributed by atoms with Gasteiger partial charge in [0.15, 0.2) is 0 Å². The predicted octanol–water partition coefficient (Wildman–Crippen LogP) is 1.57. The van der Waals surface area contributed by atoms with Crippen molar-refractivity contribution in [2.24, 2.45) is 10.9 Å². The molecule has 0 aliphatic rings. The van der Waals surface area contributed by atoms with Crippen LogP contribution < -0.4 is 5.73 Å². The molecule has 0 unspecified atom stereocenters. The third-order valence-electron chi connectivity index (χ3n) is 1.01. The highest BCUT2D eigenvalue weighted by Gasteiger charge is 1.98. The molecule has 0 saturated carbocycles. The maximum Gasteiger partial charge on any atom is 0.134 e. The average Bonchev–Trinajstić information content (AvgIpc) is 1.98. The van der Waals surface area contributed by atoms with Crippen LogP contribution in [0.2, 0.25) is 0 Å². The van der Waals surface area contributed by atoms with E-state index in [4.69, 9.17) is 10.8 Å². The molecule has 0 saturated heterocycles. The fourth-order valence-electron chi connectivity index (χ4n) is 0.468. The lowest BCUT2D eigenvalue weighted by Crippen LogP contribution is -1.98. The van der Waals surface area contributed by atoms with Gasteiger partial charge in [0.2, 0.25) is 0 Å². The molecule has 3 N–H and O–H groups in total. The number of nitrogens with two attached hydrogens (primary N) is 1. The quantitative estimate of drug-likeness (QED) is 0.368. The van der Waals surface area contributed by atoms with Crippen molar-refractivity contribution in [2.75, 3.05) is 0 Å². The van der Waals surface area contributed by atoms with Crippen LogP contribution in [0.25, 0.3) is 0 Å². The zero-order valence-corrected chi connectivity index (χ0v) is 6.24. The van der Waals surface area contributed by atoms with E-state index < -0.39 is 0 Å². The Morgan fingerprint density at radius 2 is 2.27 bits per heavy atom. The van der Waals surface area contributed by atoms with E-state index in [1.807, 2.05) is 0 Å². The zero-order valence-electron chi connectivity index (χ0n) is 6.24. The highest BCUT2D eigenvalue weighted by atomic mass is 16.3. The van der Waals surface area contributed by atoms with E-state index in [-0.39, 0.29) is 17.2 Å². The van der Waals surface area contributed by atoms with Crippen molar-refractivity contribution in [3.63, 3.8) is 0 Å².